The highest BCUT2D eigenvalue weighted by atomic mass is 16.5. The Hall–Kier alpha value is -3.80. The monoisotopic (exact) mass is 389 g/mol. The number of phenolic OH excluding ortho intramolecular Hbond substituents is 1. The maximum atomic E-state index is 13.1. The lowest BCUT2D eigenvalue weighted by atomic mass is 10.0. The van der Waals surface area contributed by atoms with Crippen LogP contribution in [0.5, 0.6) is 11.5 Å². The summed E-state index contributed by atoms with van der Waals surface area (Å²) in [6.07, 6.45) is 0. The lowest BCUT2D eigenvalue weighted by Crippen LogP contribution is -2.43. The van der Waals surface area contributed by atoms with Gasteiger partial charge in [-0.05, 0) is 35.9 Å². The molecule has 1 heterocycles. The number of hydrogen-bond acceptors (Lipinski definition) is 5. The van der Waals surface area contributed by atoms with Gasteiger partial charge in [-0.1, -0.05) is 48.5 Å². The number of fused-ring (bicyclic) bond motifs is 1. The molecule has 0 spiro atoms. The fourth-order valence-electron chi connectivity index (χ4n) is 3.33. The van der Waals surface area contributed by atoms with Crippen molar-refractivity contribution in [2.24, 2.45) is 0 Å². The van der Waals surface area contributed by atoms with Crippen LogP contribution in [0.3, 0.4) is 0 Å². The molecule has 0 saturated heterocycles. The third-order valence-corrected chi connectivity index (χ3v) is 4.69. The summed E-state index contributed by atoms with van der Waals surface area (Å²) in [5, 5.41) is 9.52. The highest BCUT2D eigenvalue weighted by molar-refractivity contribution is 5.99. The van der Waals surface area contributed by atoms with Crippen LogP contribution in [0.15, 0.2) is 78.9 Å². The molecular weight excluding hydrogens is 370 g/mol. The molecule has 0 saturated carbocycles. The van der Waals surface area contributed by atoms with E-state index >= 15 is 0 Å². The Balaban J connectivity index is 1.57. The minimum absolute atomic E-state index is 0.0444. The molecule has 0 fully saturated rings. The maximum absolute atomic E-state index is 13.1. The Morgan fingerprint density at radius 3 is 2.55 bits per heavy atom. The van der Waals surface area contributed by atoms with E-state index in [2.05, 4.69) is 0 Å². The van der Waals surface area contributed by atoms with Gasteiger partial charge in [0.2, 0.25) is 0 Å². The van der Waals surface area contributed by atoms with Gasteiger partial charge < -0.3 is 14.6 Å². The van der Waals surface area contributed by atoms with Crippen LogP contribution in [0.1, 0.15) is 22.0 Å². The van der Waals surface area contributed by atoms with Gasteiger partial charge in [-0.2, -0.15) is 0 Å². The van der Waals surface area contributed by atoms with Gasteiger partial charge in [-0.25, -0.2) is 4.79 Å². The lowest BCUT2D eigenvalue weighted by Gasteiger charge is -2.37. The molecule has 1 atom stereocenters. The van der Waals surface area contributed by atoms with Gasteiger partial charge in [0.25, 0.3) is 5.91 Å². The van der Waals surface area contributed by atoms with Crippen LogP contribution in [-0.4, -0.2) is 30.2 Å². The van der Waals surface area contributed by atoms with E-state index in [1.807, 2.05) is 42.5 Å². The Labute approximate surface area is 167 Å². The minimum atomic E-state index is -0.674. The zero-order valence-corrected chi connectivity index (χ0v) is 15.5. The Kier molecular flexibility index (Phi) is 5.16. The largest absolute Gasteiger partial charge is 0.508 e. The normalized spacial score (nSPS) is 15.2. The number of rotatable bonds is 4. The van der Waals surface area contributed by atoms with Crippen LogP contribution in [0.2, 0.25) is 0 Å². The molecule has 1 aliphatic heterocycles. The Morgan fingerprint density at radius 1 is 1.00 bits per heavy atom. The van der Waals surface area contributed by atoms with E-state index in [1.54, 1.807) is 17.0 Å². The molecule has 3 aromatic carbocycles. The maximum Gasteiger partial charge on any atom is 0.338 e. The molecule has 1 unspecified atom stereocenters. The molecule has 0 bridgehead atoms. The van der Waals surface area contributed by atoms with Gasteiger partial charge in [0.05, 0.1) is 17.3 Å². The number of hydrogen-bond donors (Lipinski definition) is 1. The van der Waals surface area contributed by atoms with Crippen LogP contribution < -0.4 is 9.64 Å². The number of esters is 1. The van der Waals surface area contributed by atoms with Crippen molar-refractivity contribution in [2.75, 3.05) is 18.1 Å². The number of anilines is 1. The van der Waals surface area contributed by atoms with Gasteiger partial charge in [-0.15, -0.1) is 0 Å². The summed E-state index contributed by atoms with van der Waals surface area (Å²) in [6, 6.07) is 22.3. The zero-order chi connectivity index (χ0) is 20.2. The zero-order valence-electron chi connectivity index (χ0n) is 15.5. The van der Waals surface area contributed by atoms with Crippen molar-refractivity contribution < 1.29 is 24.2 Å². The van der Waals surface area contributed by atoms with E-state index in [0.717, 1.165) is 5.56 Å². The predicted octanol–water partition coefficient (Wildman–Crippen LogP) is 3.72. The molecular formula is C23H19NO5. The molecule has 1 N–H and O–H groups in total. The summed E-state index contributed by atoms with van der Waals surface area (Å²) in [7, 11) is 0. The Bertz CT molecular complexity index is 1030. The van der Waals surface area contributed by atoms with Crippen molar-refractivity contribution in [1.82, 2.24) is 0 Å². The summed E-state index contributed by atoms with van der Waals surface area (Å²) < 4.78 is 11.1. The number of aromatic hydroxyl groups is 1. The van der Waals surface area contributed by atoms with E-state index in [9.17, 15) is 14.7 Å². The molecule has 4 rings (SSSR count). The van der Waals surface area contributed by atoms with Crippen molar-refractivity contribution in [2.45, 2.75) is 6.04 Å². The third-order valence-electron chi connectivity index (χ3n) is 4.69. The fraction of sp³-hybridized carbons (Fsp3) is 0.130. The topological polar surface area (TPSA) is 76.1 Å². The second kappa shape index (κ2) is 8.06. The van der Waals surface area contributed by atoms with E-state index in [4.69, 9.17) is 9.47 Å². The summed E-state index contributed by atoms with van der Waals surface area (Å²) in [5.41, 5.74) is 1.74. The van der Waals surface area contributed by atoms with Gasteiger partial charge >= 0.3 is 5.97 Å². The number of carbonyl (C=O) groups is 2. The van der Waals surface area contributed by atoms with Crippen molar-refractivity contribution >= 4 is 17.6 Å². The summed E-state index contributed by atoms with van der Waals surface area (Å²) in [6.45, 7) is -0.126. The van der Waals surface area contributed by atoms with Crippen molar-refractivity contribution in [3.63, 3.8) is 0 Å². The summed E-state index contributed by atoms with van der Waals surface area (Å²) in [5.74, 6) is -0.473. The van der Waals surface area contributed by atoms with Crippen LogP contribution in [0.4, 0.5) is 5.69 Å². The molecule has 146 valence electrons. The molecule has 29 heavy (non-hydrogen) atoms. The lowest BCUT2D eigenvalue weighted by molar-refractivity contribution is -0.122. The quantitative estimate of drug-likeness (QED) is 0.689. The van der Waals surface area contributed by atoms with E-state index < -0.39 is 12.6 Å². The van der Waals surface area contributed by atoms with E-state index in [-0.39, 0.29) is 23.3 Å². The van der Waals surface area contributed by atoms with Crippen LogP contribution >= 0.6 is 0 Å². The highest BCUT2D eigenvalue weighted by Gasteiger charge is 2.33. The number of nitrogens with zero attached hydrogens (tertiary/aromatic N) is 1. The first-order valence-electron chi connectivity index (χ1n) is 9.18. The summed E-state index contributed by atoms with van der Waals surface area (Å²) in [4.78, 5) is 27.0. The SMILES string of the molecule is O=C(OCC(=O)N1c2ccccc2OCC1c1ccccc1)c1cccc(O)c1. The molecule has 1 amide bonds. The predicted molar refractivity (Wildman–Crippen MR) is 107 cm³/mol. The minimum Gasteiger partial charge on any atom is -0.508 e. The van der Waals surface area contributed by atoms with E-state index in [1.165, 1.54) is 24.3 Å². The first kappa shape index (κ1) is 18.6. The standard InChI is InChI=1S/C23H19NO5/c25-18-10-6-9-17(13-18)23(27)29-15-22(26)24-19-11-4-5-12-21(19)28-14-20(24)16-7-2-1-3-8-16/h1-13,20,25H,14-15H2. The molecule has 0 aromatic heterocycles. The first-order valence-corrected chi connectivity index (χ1v) is 9.18. The van der Waals surface area contributed by atoms with Crippen LogP contribution in [-0.2, 0) is 9.53 Å². The number of para-hydroxylation sites is 2. The van der Waals surface area contributed by atoms with Crippen molar-refractivity contribution in [1.29, 1.82) is 0 Å². The first-order chi connectivity index (χ1) is 14.1. The number of carbonyl (C=O) groups excluding carboxylic acids is 2. The van der Waals surface area contributed by atoms with Gasteiger partial charge in [0, 0.05) is 0 Å². The fourth-order valence-corrected chi connectivity index (χ4v) is 3.33. The van der Waals surface area contributed by atoms with Gasteiger partial charge in [0.15, 0.2) is 6.61 Å². The van der Waals surface area contributed by atoms with Crippen molar-refractivity contribution in [3.8, 4) is 11.5 Å². The molecule has 6 nitrogen and oxygen atoms in total. The second-order valence-electron chi connectivity index (χ2n) is 6.60. The molecule has 6 heteroatoms. The number of ether oxygens (including phenoxy) is 2. The third kappa shape index (κ3) is 3.91. The smallest absolute Gasteiger partial charge is 0.338 e. The Morgan fingerprint density at radius 2 is 1.76 bits per heavy atom. The molecule has 0 radical (unpaired) electrons. The van der Waals surface area contributed by atoms with Gasteiger partial charge in [0.1, 0.15) is 18.1 Å². The van der Waals surface area contributed by atoms with Gasteiger partial charge in [-0.3, -0.25) is 9.69 Å². The van der Waals surface area contributed by atoms with Crippen LogP contribution in [0.25, 0.3) is 0 Å². The van der Waals surface area contributed by atoms with Crippen LogP contribution in [0, 0.1) is 0 Å². The average Bonchev–Trinajstić information content (AvgIpc) is 2.77. The summed E-state index contributed by atoms with van der Waals surface area (Å²) >= 11 is 0. The average molecular weight is 389 g/mol. The number of benzene rings is 3. The molecule has 0 aliphatic carbocycles. The number of phenols is 1. The molecule has 3 aromatic rings. The number of amides is 1. The van der Waals surface area contributed by atoms with E-state index in [0.29, 0.717) is 18.0 Å². The molecule has 1 aliphatic rings. The second-order valence-corrected chi connectivity index (χ2v) is 6.60. The highest BCUT2D eigenvalue weighted by Crippen LogP contribution is 2.39. The van der Waals surface area contributed by atoms with Crippen molar-refractivity contribution in [3.05, 3.63) is 90.0 Å².